The summed E-state index contributed by atoms with van der Waals surface area (Å²) in [4.78, 5) is 12.1. The highest BCUT2D eigenvalue weighted by Gasteiger charge is 2.15. The van der Waals surface area contributed by atoms with Crippen LogP contribution in [0.15, 0.2) is 0 Å². The Labute approximate surface area is 268 Å². The average molecular weight is 636 g/mol. The zero-order valence-electron chi connectivity index (χ0n) is 29.4. The number of phosphoric ester groups is 1. The van der Waals surface area contributed by atoms with E-state index in [0.717, 1.165) is 30.2 Å². The summed E-state index contributed by atoms with van der Waals surface area (Å²) >= 11 is 0. The normalized spacial score (nSPS) is 14.3. The summed E-state index contributed by atoms with van der Waals surface area (Å²) in [6, 6.07) is 0. The Balaban J connectivity index is 3.52. The first-order valence-corrected chi connectivity index (χ1v) is 19.7. The molecule has 0 aliphatic rings. The van der Waals surface area contributed by atoms with Gasteiger partial charge in [0, 0.05) is 13.7 Å². The molecule has 2 atom stereocenters. The Kier molecular flexibility index (Phi) is 30.6. The molecule has 0 N–H and O–H groups in total. The molecule has 0 bridgehead atoms. The van der Waals surface area contributed by atoms with E-state index in [2.05, 4.69) is 28.1 Å². The highest BCUT2D eigenvalue weighted by Crippen LogP contribution is 2.38. The van der Waals surface area contributed by atoms with Crippen molar-refractivity contribution in [1.82, 2.24) is 0 Å². The molecule has 43 heavy (non-hydrogen) atoms. The van der Waals surface area contributed by atoms with Gasteiger partial charge in [0.1, 0.15) is 6.10 Å². The third-order valence-electron chi connectivity index (χ3n) is 8.17. The average Bonchev–Trinajstić information content (AvgIpc) is 2.96. The number of hydrogen-bond acceptors (Lipinski definition) is 6. The molecule has 260 valence electrons. The second-order valence-electron chi connectivity index (χ2n) is 13.7. The van der Waals surface area contributed by atoms with Crippen molar-refractivity contribution in [3.05, 3.63) is 0 Å². The zero-order valence-corrected chi connectivity index (χ0v) is 30.3. The largest absolute Gasteiger partial charge is 0.756 e. The molecule has 8 heteroatoms. The molecule has 0 aromatic carbocycles. The maximum atomic E-state index is 12.1. The maximum Gasteiger partial charge on any atom is 0.267 e. The van der Waals surface area contributed by atoms with Gasteiger partial charge in [-0.25, -0.2) is 0 Å². The lowest BCUT2D eigenvalue weighted by Crippen LogP contribution is -2.35. The van der Waals surface area contributed by atoms with Gasteiger partial charge in [-0.2, -0.15) is 0 Å². The molecule has 0 radical (unpaired) electrons. The van der Waals surface area contributed by atoms with Crippen LogP contribution in [0.3, 0.4) is 0 Å². The Morgan fingerprint density at radius 2 is 0.953 bits per heavy atom. The second kappa shape index (κ2) is 30.6. The number of nitrogens with zero attached hydrogens (tertiary/aromatic N) is 1. The molecule has 0 aliphatic heterocycles. The minimum atomic E-state index is -4.31. The molecule has 0 aromatic rings. The standard InChI is InChI=1S/C35H74NO6P/c1-6-7-8-9-10-11-12-13-14-15-16-17-19-22-25-28-31-40-33-35(39-5)34-42-43(37,38)41-32-29-26-23-20-18-21-24-27-30-36(2,3)4/h35H,6-34H2,1-5H3. The van der Waals surface area contributed by atoms with Crippen molar-refractivity contribution in [1.29, 1.82) is 0 Å². The number of quaternary nitrogens is 1. The summed E-state index contributed by atoms with van der Waals surface area (Å²) in [7, 11) is 3.95. The first-order valence-electron chi connectivity index (χ1n) is 18.2. The molecule has 0 heterocycles. The Hall–Kier alpha value is -0.0100. The Bertz CT molecular complexity index is 616. The molecule has 0 saturated heterocycles. The van der Waals surface area contributed by atoms with E-state index in [4.69, 9.17) is 18.5 Å². The van der Waals surface area contributed by atoms with Crippen LogP contribution in [0.1, 0.15) is 161 Å². The highest BCUT2D eigenvalue weighted by molar-refractivity contribution is 7.45. The van der Waals surface area contributed by atoms with Crippen LogP contribution in [0.25, 0.3) is 0 Å². The lowest BCUT2D eigenvalue weighted by atomic mass is 10.0. The number of unbranched alkanes of at least 4 members (excludes halogenated alkanes) is 22. The molecule has 0 spiro atoms. The van der Waals surface area contributed by atoms with E-state index in [9.17, 15) is 9.46 Å². The topological polar surface area (TPSA) is 77.1 Å². The fourth-order valence-corrected chi connectivity index (χ4v) is 6.06. The smallest absolute Gasteiger partial charge is 0.267 e. The molecule has 0 fully saturated rings. The predicted molar refractivity (Wildman–Crippen MR) is 181 cm³/mol. The van der Waals surface area contributed by atoms with E-state index in [0.29, 0.717) is 13.2 Å². The van der Waals surface area contributed by atoms with Gasteiger partial charge >= 0.3 is 0 Å². The lowest BCUT2D eigenvalue weighted by molar-refractivity contribution is -0.870. The number of rotatable bonds is 35. The van der Waals surface area contributed by atoms with E-state index < -0.39 is 13.9 Å². The van der Waals surface area contributed by atoms with Crippen LogP contribution < -0.4 is 4.89 Å². The van der Waals surface area contributed by atoms with Crippen LogP contribution in [-0.2, 0) is 23.1 Å². The summed E-state index contributed by atoms with van der Waals surface area (Å²) in [6.07, 6.45) is 30.3. The van der Waals surface area contributed by atoms with Gasteiger partial charge in [-0.1, -0.05) is 135 Å². The molecule has 0 aromatic heterocycles. The van der Waals surface area contributed by atoms with Crippen LogP contribution in [0, 0.1) is 0 Å². The first kappa shape index (κ1) is 43.0. The quantitative estimate of drug-likeness (QED) is 0.0392. The van der Waals surface area contributed by atoms with Crippen molar-refractivity contribution in [3.63, 3.8) is 0 Å². The number of methoxy groups -OCH3 is 1. The van der Waals surface area contributed by atoms with E-state index >= 15 is 0 Å². The Morgan fingerprint density at radius 3 is 1.37 bits per heavy atom. The van der Waals surface area contributed by atoms with E-state index in [1.165, 1.54) is 135 Å². The van der Waals surface area contributed by atoms with Crippen LogP contribution in [0.2, 0.25) is 0 Å². The van der Waals surface area contributed by atoms with Crippen LogP contribution in [-0.4, -0.2) is 71.8 Å². The van der Waals surface area contributed by atoms with Gasteiger partial charge < -0.3 is 27.9 Å². The van der Waals surface area contributed by atoms with Crippen molar-refractivity contribution >= 4 is 7.82 Å². The van der Waals surface area contributed by atoms with Crippen molar-refractivity contribution in [2.45, 2.75) is 167 Å². The van der Waals surface area contributed by atoms with Gasteiger partial charge in [0.2, 0.25) is 0 Å². The van der Waals surface area contributed by atoms with E-state index in [1.807, 2.05) is 0 Å². The summed E-state index contributed by atoms with van der Waals surface area (Å²) in [5.41, 5.74) is 0. The second-order valence-corrected chi connectivity index (χ2v) is 15.1. The fourth-order valence-electron chi connectivity index (χ4n) is 5.29. The molecule has 7 nitrogen and oxygen atoms in total. The molecule has 0 rings (SSSR count). The lowest BCUT2D eigenvalue weighted by Gasteiger charge is -2.25. The molecule has 0 saturated carbocycles. The van der Waals surface area contributed by atoms with Gasteiger partial charge in [0.15, 0.2) is 0 Å². The number of ether oxygens (including phenoxy) is 2. The number of hydrogen-bond donors (Lipinski definition) is 0. The minimum Gasteiger partial charge on any atom is -0.756 e. The SMILES string of the molecule is CCCCCCCCCCCCCCCCCCOCC(COP(=O)([O-])OCCCCCCCCCC[N+](C)(C)C)OC. The molecular formula is C35H74NO6P. The maximum absolute atomic E-state index is 12.1. The van der Waals surface area contributed by atoms with Crippen molar-refractivity contribution < 1.29 is 32.5 Å². The fraction of sp³-hybridized carbons (Fsp3) is 1.00. The Morgan fingerprint density at radius 1 is 0.558 bits per heavy atom. The molecule has 2 unspecified atom stereocenters. The first-order chi connectivity index (χ1) is 20.7. The van der Waals surface area contributed by atoms with Crippen molar-refractivity contribution in [3.8, 4) is 0 Å². The summed E-state index contributed by atoms with van der Waals surface area (Å²) < 4.78 is 34.3. The third kappa shape index (κ3) is 34.7. The van der Waals surface area contributed by atoms with Crippen LogP contribution >= 0.6 is 7.82 Å². The molecular weight excluding hydrogens is 561 g/mol. The van der Waals surface area contributed by atoms with E-state index in [1.54, 1.807) is 7.11 Å². The highest BCUT2D eigenvalue weighted by atomic mass is 31.2. The monoisotopic (exact) mass is 636 g/mol. The van der Waals surface area contributed by atoms with Crippen molar-refractivity contribution in [2.24, 2.45) is 0 Å². The van der Waals surface area contributed by atoms with E-state index in [-0.39, 0.29) is 13.2 Å². The van der Waals surface area contributed by atoms with Gasteiger partial charge in [-0.3, -0.25) is 4.57 Å². The zero-order chi connectivity index (χ0) is 31.9. The molecule has 0 aliphatic carbocycles. The summed E-state index contributed by atoms with van der Waals surface area (Å²) in [5.74, 6) is 0. The van der Waals surface area contributed by atoms with Gasteiger partial charge in [0.05, 0.1) is 47.5 Å². The predicted octanol–water partition coefficient (Wildman–Crippen LogP) is 9.61. The van der Waals surface area contributed by atoms with Gasteiger partial charge in [-0.05, 0) is 25.7 Å². The molecule has 0 amide bonds. The third-order valence-corrected chi connectivity index (χ3v) is 9.13. The van der Waals surface area contributed by atoms with Crippen molar-refractivity contribution in [2.75, 3.05) is 61.2 Å². The minimum absolute atomic E-state index is 0.0790. The summed E-state index contributed by atoms with van der Waals surface area (Å²) in [5, 5.41) is 0. The number of phosphoric acid groups is 1. The summed E-state index contributed by atoms with van der Waals surface area (Å²) in [6.45, 7) is 4.60. The van der Waals surface area contributed by atoms with Gasteiger partial charge in [0.25, 0.3) is 7.82 Å². The van der Waals surface area contributed by atoms with Crippen LogP contribution in [0.4, 0.5) is 0 Å². The van der Waals surface area contributed by atoms with Gasteiger partial charge in [-0.15, -0.1) is 0 Å². The van der Waals surface area contributed by atoms with Crippen LogP contribution in [0.5, 0.6) is 0 Å².